The Balaban J connectivity index is 1.19. The molecule has 1 spiro atoms. The maximum atomic E-state index is 4.61. The second-order valence-electron chi connectivity index (χ2n) is 8.50. The van der Waals surface area contributed by atoms with Crippen molar-refractivity contribution in [3.63, 3.8) is 0 Å². The lowest BCUT2D eigenvalue weighted by Gasteiger charge is -2.58. The summed E-state index contributed by atoms with van der Waals surface area (Å²) in [6.45, 7) is 2.46. The Hall–Kier alpha value is -2.15. The van der Waals surface area contributed by atoms with E-state index in [-0.39, 0.29) is 0 Å². The van der Waals surface area contributed by atoms with Gasteiger partial charge in [0.15, 0.2) is 5.82 Å². The van der Waals surface area contributed by atoms with E-state index in [0.717, 1.165) is 11.6 Å². The van der Waals surface area contributed by atoms with Gasteiger partial charge in [-0.3, -0.25) is 5.10 Å². The number of anilines is 3. The monoisotopic (exact) mass is 353 g/mol. The summed E-state index contributed by atoms with van der Waals surface area (Å²) in [5.41, 5.74) is 1.80. The topological polar surface area (TPSA) is 81.8 Å². The third-order valence-electron chi connectivity index (χ3n) is 6.21. The normalized spacial score (nSPS) is 23.0. The van der Waals surface area contributed by atoms with Crippen molar-refractivity contribution in [3.05, 3.63) is 24.0 Å². The number of likely N-dealkylation sites (tertiary alicyclic amines) is 1. The first kappa shape index (κ1) is 16.1. The molecule has 5 rings (SSSR count). The smallest absolute Gasteiger partial charge is 0.224 e. The van der Waals surface area contributed by atoms with Gasteiger partial charge in [0.1, 0.15) is 5.82 Å². The molecule has 0 unspecified atom stereocenters. The molecule has 0 atom stereocenters. The lowest BCUT2D eigenvalue weighted by molar-refractivity contribution is -0.0514. The maximum Gasteiger partial charge on any atom is 0.224 e. The number of aromatic nitrogens is 4. The van der Waals surface area contributed by atoms with Crippen LogP contribution in [0.2, 0.25) is 0 Å². The highest BCUT2D eigenvalue weighted by atomic mass is 15.2. The highest BCUT2D eigenvalue weighted by molar-refractivity contribution is 5.53. The largest absolute Gasteiger partial charge is 0.351 e. The average molecular weight is 353 g/mol. The molecule has 2 aromatic heterocycles. The Kier molecular flexibility index (Phi) is 3.85. The predicted molar refractivity (Wildman–Crippen MR) is 102 cm³/mol. The Bertz CT molecular complexity index is 766. The number of nitrogens with one attached hydrogen (secondary N) is 3. The molecule has 0 bridgehead atoms. The van der Waals surface area contributed by atoms with E-state index >= 15 is 0 Å². The van der Waals surface area contributed by atoms with E-state index in [2.05, 4.69) is 48.8 Å². The lowest BCUT2D eigenvalue weighted by Crippen LogP contribution is -2.63. The highest BCUT2D eigenvalue weighted by Crippen LogP contribution is 2.48. The first-order chi connectivity index (χ1) is 12.7. The van der Waals surface area contributed by atoms with E-state index in [1.54, 1.807) is 6.20 Å². The van der Waals surface area contributed by atoms with E-state index in [4.69, 9.17) is 0 Å². The molecule has 7 nitrogen and oxygen atoms in total. The van der Waals surface area contributed by atoms with Crippen LogP contribution >= 0.6 is 0 Å². The fourth-order valence-corrected chi connectivity index (χ4v) is 5.10. The summed E-state index contributed by atoms with van der Waals surface area (Å²) in [7, 11) is 2.19. The summed E-state index contributed by atoms with van der Waals surface area (Å²) in [5, 5.41) is 14.4. The van der Waals surface area contributed by atoms with Crippen LogP contribution in [0.1, 0.15) is 50.1 Å². The van der Waals surface area contributed by atoms with Gasteiger partial charge >= 0.3 is 0 Å². The van der Waals surface area contributed by atoms with Gasteiger partial charge in [0.25, 0.3) is 0 Å². The van der Waals surface area contributed by atoms with Crippen LogP contribution in [0.5, 0.6) is 0 Å². The first-order valence-electron chi connectivity index (χ1n) is 9.78. The number of aromatic amines is 1. The Morgan fingerprint density at radius 2 is 2.00 bits per heavy atom. The maximum absolute atomic E-state index is 4.61. The molecule has 2 saturated carbocycles. The van der Waals surface area contributed by atoms with Crippen LogP contribution in [0.4, 0.5) is 17.6 Å². The molecule has 0 amide bonds. The van der Waals surface area contributed by atoms with Crippen LogP contribution in [0, 0.1) is 5.41 Å². The van der Waals surface area contributed by atoms with Crippen molar-refractivity contribution >= 4 is 17.6 Å². The molecule has 26 heavy (non-hydrogen) atoms. The summed E-state index contributed by atoms with van der Waals surface area (Å²) in [6.07, 6.45) is 9.43. The third-order valence-corrected chi connectivity index (χ3v) is 6.21. The van der Waals surface area contributed by atoms with Crippen LogP contribution in [0.25, 0.3) is 0 Å². The van der Waals surface area contributed by atoms with Gasteiger partial charge in [0.2, 0.25) is 5.95 Å². The zero-order valence-corrected chi connectivity index (χ0v) is 15.3. The number of H-pyrrole nitrogens is 1. The highest BCUT2D eigenvalue weighted by Gasteiger charge is 2.51. The van der Waals surface area contributed by atoms with Crippen LogP contribution in [-0.4, -0.2) is 51.2 Å². The van der Waals surface area contributed by atoms with Gasteiger partial charge in [-0.2, -0.15) is 10.1 Å². The molecule has 138 valence electrons. The van der Waals surface area contributed by atoms with E-state index in [1.165, 1.54) is 57.3 Å². The van der Waals surface area contributed by atoms with Crippen LogP contribution in [0.3, 0.4) is 0 Å². The minimum absolute atomic E-state index is 0.498. The number of nitrogens with zero attached hydrogens (tertiary/aromatic N) is 4. The predicted octanol–water partition coefficient (Wildman–Crippen LogP) is 3.11. The number of hydrogen-bond acceptors (Lipinski definition) is 6. The Morgan fingerprint density at radius 3 is 2.77 bits per heavy atom. The molecular weight excluding hydrogens is 326 g/mol. The molecule has 3 fully saturated rings. The van der Waals surface area contributed by atoms with Gasteiger partial charge in [-0.25, -0.2) is 4.98 Å². The summed E-state index contributed by atoms with van der Waals surface area (Å²) in [5.74, 6) is 2.95. The van der Waals surface area contributed by atoms with E-state index in [1.807, 2.05) is 6.07 Å². The van der Waals surface area contributed by atoms with Crippen LogP contribution in [-0.2, 0) is 0 Å². The van der Waals surface area contributed by atoms with Gasteiger partial charge in [-0.05, 0) is 44.2 Å². The first-order valence-corrected chi connectivity index (χ1v) is 9.78. The number of hydrogen-bond donors (Lipinski definition) is 3. The summed E-state index contributed by atoms with van der Waals surface area (Å²) in [4.78, 5) is 11.4. The molecule has 1 saturated heterocycles. The van der Waals surface area contributed by atoms with E-state index < -0.39 is 0 Å². The molecule has 2 aromatic rings. The van der Waals surface area contributed by atoms with Crippen molar-refractivity contribution in [2.75, 3.05) is 30.8 Å². The molecule has 0 aromatic carbocycles. The molecule has 3 aliphatic rings. The minimum Gasteiger partial charge on any atom is -0.351 e. The second kappa shape index (κ2) is 6.23. The van der Waals surface area contributed by atoms with E-state index in [9.17, 15) is 0 Å². The summed E-state index contributed by atoms with van der Waals surface area (Å²) < 4.78 is 0. The molecule has 3 N–H and O–H groups in total. The van der Waals surface area contributed by atoms with Crippen molar-refractivity contribution < 1.29 is 0 Å². The van der Waals surface area contributed by atoms with Gasteiger partial charge < -0.3 is 15.5 Å². The Morgan fingerprint density at radius 1 is 1.19 bits per heavy atom. The minimum atomic E-state index is 0.498. The van der Waals surface area contributed by atoms with Gasteiger partial charge in [-0.1, -0.05) is 12.8 Å². The zero-order valence-electron chi connectivity index (χ0n) is 15.3. The van der Waals surface area contributed by atoms with Crippen molar-refractivity contribution in [2.24, 2.45) is 5.41 Å². The lowest BCUT2D eigenvalue weighted by atomic mass is 9.61. The third kappa shape index (κ3) is 3.05. The fraction of sp³-hybridized carbons (Fsp3) is 0.632. The van der Waals surface area contributed by atoms with Gasteiger partial charge in [0.05, 0.1) is 0 Å². The molecule has 1 aliphatic heterocycles. The molecule has 7 heteroatoms. The quantitative estimate of drug-likeness (QED) is 0.766. The van der Waals surface area contributed by atoms with Crippen LogP contribution < -0.4 is 10.6 Å². The van der Waals surface area contributed by atoms with E-state index in [0.29, 0.717) is 23.3 Å². The van der Waals surface area contributed by atoms with Crippen molar-refractivity contribution in [1.29, 1.82) is 0 Å². The van der Waals surface area contributed by atoms with Gasteiger partial charge in [-0.15, -0.1) is 0 Å². The molecular formula is C19H27N7. The van der Waals surface area contributed by atoms with Crippen molar-refractivity contribution in [3.8, 4) is 0 Å². The average Bonchev–Trinajstić information content (AvgIpc) is 3.23. The zero-order chi connectivity index (χ0) is 17.6. The summed E-state index contributed by atoms with van der Waals surface area (Å²) >= 11 is 0. The summed E-state index contributed by atoms with van der Waals surface area (Å²) in [6, 6.07) is 4.50. The molecule has 0 radical (unpaired) electrons. The van der Waals surface area contributed by atoms with Crippen molar-refractivity contribution in [1.82, 2.24) is 25.1 Å². The molecule has 3 heterocycles. The second-order valence-corrected chi connectivity index (χ2v) is 8.50. The Labute approximate surface area is 154 Å². The van der Waals surface area contributed by atoms with Crippen LogP contribution in [0.15, 0.2) is 18.3 Å². The SMILES string of the molecule is CN1CC2(CC(Nc3nccc(Nc4cc(C5CCCC5)[nH]n4)n3)C2)C1. The standard InChI is InChI=1S/C19H27N7/c1-26-11-19(12-26)9-14(10-19)21-18-20-7-6-16(23-18)22-17-8-15(24-25-17)13-4-2-3-5-13/h6-8,13-14H,2-5,9-12H2,1H3,(H3,20,21,22,23,24,25). The fourth-order valence-electron chi connectivity index (χ4n) is 5.10. The number of rotatable bonds is 5. The van der Waals surface area contributed by atoms with Crippen molar-refractivity contribution in [2.45, 2.75) is 50.5 Å². The van der Waals surface area contributed by atoms with Gasteiger partial charge in [0, 0.05) is 43.0 Å². The molecule has 2 aliphatic carbocycles.